The predicted octanol–water partition coefficient (Wildman–Crippen LogP) is 11.3. The van der Waals surface area contributed by atoms with E-state index >= 15 is 0 Å². The molecule has 2 heterocycles. The Hall–Kier alpha value is -6.00. The van der Waals surface area contributed by atoms with E-state index in [1.54, 1.807) is 0 Å². The number of rotatable bonds is 25. The largest absolute Gasteiger partial charge is 0.454 e. The molecular weight excluding hydrogens is 953 g/mol. The number of esters is 1. The molecule has 7 aromatic carbocycles. The molecule has 10 atom stereocenters. The zero-order valence-electron chi connectivity index (χ0n) is 41.5. The predicted molar refractivity (Wildman–Crippen MR) is 282 cm³/mol. The summed E-state index contributed by atoms with van der Waals surface area (Å²) in [4.78, 5) is 14.4. The molecule has 0 bridgehead atoms. The summed E-state index contributed by atoms with van der Waals surface area (Å²) in [7, 11) is 0. The molecule has 4 unspecified atom stereocenters. The maximum atomic E-state index is 13.5. The highest BCUT2D eigenvalue weighted by Crippen LogP contribution is 2.41. The third-order valence-corrected chi connectivity index (χ3v) is 13.9. The van der Waals surface area contributed by atoms with Crippen LogP contribution in [0.15, 0.2) is 217 Å². The molecule has 0 radical (unpaired) electrons. The summed E-state index contributed by atoms with van der Waals surface area (Å²) >= 11 is 1.50. The van der Waals surface area contributed by atoms with Gasteiger partial charge in [-0.05, 0) is 45.5 Å². The van der Waals surface area contributed by atoms with Gasteiger partial charge in [0, 0.05) is 11.8 Å². The lowest BCUT2D eigenvalue weighted by Gasteiger charge is -2.50. The molecule has 2 saturated heterocycles. The van der Waals surface area contributed by atoms with E-state index in [0.717, 1.165) is 38.3 Å². The van der Waals surface area contributed by atoms with Crippen molar-refractivity contribution in [2.24, 2.45) is 0 Å². The van der Waals surface area contributed by atoms with E-state index in [4.69, 9.17) is 47.4 Å². The second-order valence-electron chi connectivity index (χ2n) is 18.2. The third kappa shape index (κ3) is 15.5. The number of benzene rings is 7. The van der Waals surface area contributed by atoms with Crippen LogP contribution < -0.4 is 0 Å². The van der Waals surface area contributed by atoms with Crippen molar-refractivity contribution in [3.05, 3.63) is 246 Å². The second kappa shape index (κ2) is 28.1. The smallest absolute Gasteiger partial charge is 0.303 e. The SMILES string of the molecule is CC(=O)OC1[C@H](OC2[C@@H](OCc3ccccc3)[C@@H](OCc3ccccc3)C(COCc3ccccc3)O[C@H]2Sc2ccccc2)OC(COCc2ccccc2)[C@H](OCc2ccccc2)[C@@H]1OCc1ccccc1. The van der Waals surface area contributed by atoms with Gasteiger partial charge in [0.05, 0.1) is 52.9 Å². The van der Waals surface area contributed by atoms with Crippen molar-refractivity contribution in [3.8, 4) is 0 Å². The third-order valence-electron chi connectivity index (χ3n) is 12.7. The molecule has 2 fully saturated rings. The van der Waals surface area contributed by atoms with Crippen LogP contribution in [0.5, 0.6) is 0 Å². The van der Waals surface area contributed by atoms with Crippen LogP contribution in [0.2, 0.25) is 0 Å². The normalized spacial score (nSPS) is 23.7. The minimum atomic E-state index is -1.25. The van der Waals surface area contributed by atoms with E-state index in [2.05, 4.69) is 0 Å². The van der Waals surface area contributed by atoms with Gasteiger partial charge < -0.3 is 47.4 Å². The molecule has 0 aliphatic carbocycles. The number of thioether (sulfide) groups is 1. The van der Waals surface area contributed by atoms with Gasteiger partial charge in [0.25, 0.3) is 0 Å². The first-order valence-electron chi connectivity index (χ1n) is 25.2. The molecule has 7 aromatic rings. The Kier molecular flexibility index (Phi) is 20.0. The average molecular weight is 1020 g/mol. The van der Waals surface area contributed by atoms with Crippen molar-refractivity contribution in [2.75, 3.05) is 13.2 Å². The van der Waals surface area contributed by atoms with Gasteiger partial charge in [-0.3, -0.25) is 4.79 Å². The van der Waals surface area contributed by atoms with Crippen molar-refractivity contribution < 1.29 is 52.2 Å². The quantitative estimate of drug-likeness (QED) is 0.0509. The van der Waals surface area contributed by atoms with Crippen molar-refractivity contribution in [1.29, 1.82) is 0 Å². The maximum absolute atomic E-state index is 13.5. The molecule has 12 heteroatoms. The summed E-state index contributed by atoms with van der Waals surface area (Å²) in [6.07, 6.45) is -7.97. The lowest BCUT2D eigenvalue weighted by molar-refractivity contribution is -0.351. The van der Waals surface area contributed by atoms with Crippen LogP contribution in [-0.2, 0) is 91.8 Å². The second-order valence-corrected chi connectivity index (χ2v) is 19.4. The molecular formula is C62H64O11S. The van der Waals surface area contributed by atoms with Gasteiger partial charge in [-0.25, -0.2) is 0 Å². The van der Waals surface area contributed by atoms with E-state index < -0.39 is 66.5 Å². The fraction of sp³-hybridized carbons (Fsp3) is 0.306. The molecule has 11 nitrogen and oxygen atoms in total. The van der Waals surface area contributed by atoms with Crippen LogP contribution >= 0.6 is 11.8 Å². The Bertz CT molecular complexity index is 2660. The Morgan fingerprint density at radius 3 is 1.09 bits per heavy atom. The first-order valence-corrected chi connectivity index (χ1v) is 26.1. The van der Waals surface area contributed by atoms with E-state index in [0.29, 0.717) is 13.2 Å². The molecule has 2 aliphatic rings. The number of carbonyl (C=O) groups is 1. The van der Waals surface area contributed by atoms with Gasteiger partial charge in [-0.15, -0.1) is 0 Å². The highest BCUT2D eigenvalue weighted by atomic mass is 32.2. The van der Waals surface area contributed by atoms with Crippen LogP contribution in [0.3, 0.4) is 0 Å². The minimum Gasteiger partial charge on any atom is -0.454 e. The lowest BCUT2D eigenvalue weighted by Crippen LogP contribution is -2.66. The van der Waals surface area contributed by atoms with Gasteiger partial charge in [0.15, 0.2) is 12.4 Å². The first-order chi connectivity index (χ1) is 36.5. The lowest BCUT2D eigenvalue weighted by atomic mass is 9.96. The van der Waals surface area contributed by atoms with Crippen molar-refractivity contribution in [1.82, 2.24) is 0 Å². The Balaban J connectivity index is 1.11. The zero-order chi connectivity index (χ0) is 50.6. The average Bonchev–Trinajstić information content (AvgIpc) is 3.44. The molecule has 9 rings (SSSR count). The van der Waals surface area contributed by atoms with E-state index in [9.17, 15) is 4.79 Å². The van der Waals surface area contributed by atoms with Crippen molar-refractivity contribution in [3.63, 3.8) is 0 Å². The highest BCUT2D eigenvalue weighted by Gasteiger charge is 2.55. The van der Waals surface area contributed by atoms with Crippen LogP contribution in [-0.4, -0.2) is 79.7 Å². The van der Waals surface area contributed by atoms with E-state index in [1.165, 1.54) is 18.7 Å². The topological polar surface area (TPSA) is 109 Å². The monoisotopic (exact) mass is 1020 g/mol. The van der Waals surface area contributed by atoms with Gasteiger partial charge in [-0.1, -0.05) is 212 Å². The molecule has 2 aliphatic heterocycles. The standard InChI is InChI=1S/C62H64O11S/c1-45(63)70-59-57(68-41-50-31-17-6-18-32-50)55(66-39-48-27-13-4-14-28-48)53(43-64-37-46-23-9-2-10-24-46)71-61(59)73-60-58(69-42-51-33-19-7-20-34-51)56(67-40-49-29-15-5-16-30-49)54(44-65-38-47-25-11-3-12-26-47)72-62(60)74-52-35-21-8-22-36-52/h2-36,53-62H,37-44H2,1H3/t53?,54?,55-,56-,57-,58-,59?,60?,61-,62-/m0/s1. The van der Waals surface area contributed by atoms with Gasteiger partial charge in [0.2, 0.25) is 0 Å². The first kappa shape index (κ1) is 52.8. The Morgan fingerprint density at radius 2 is 0.716 bits per heavy atom. The molecule has 0 aromatic heterocycles. The van der Waals surface area contributed by atoms with Crippen LogP contribution in [0.4, 0.5) is 0 Å². The number of ether oxygens (including phenoxy) is 10. The molecule has 0 spiro atoms. The minimum absolute atomic E-state index is 0.0904. The molecule has 0 amide bonds. The zero-order valence-corrected chi connectivity index (χ0v) is 42.4. The summed E-state index contributed by atoms with van der Waals surface area (Å²) in [6.45, 7) is 3.22. The summed E-state index contributed by atoms with van der Waals surface area (Å²) in [5.74, 6) is -0.548. The van der Waals surface area contributed by atoms with E-state index in [-0.39, 0.29) is 39.6 Å². The van der Waals surface area contributed by atoms with Crippen molar-refractivity contribution in [2.45, 2.75) is 112 Å². The van der Waals surface area contributed by atoms with Gasteiger partial charge >= 0.3 is 5.97 Å². The molecule has 0 saturated carbocycles. The Morgan fingerprint density at radius 1 is 0.392 bits per heavy atom. The van der Waals surface area contributed by atoms with Crippen LogP contribution in [0, 0.1) is 0 Å². The summed E-state index contributed by atoms with van der Waals surface area (Å²) in [6, 6.07) is 69.8. The molecule has 74 heavy (non-hydrogen) atoms. The van der Waals surface area contributed by atoms with Crippen LogP contribution in [0.25, 0.3) is 0 Å². The Labute approximate surface area is 438 Å². The fourth-order valence-corrected chi connectivity index (χ4v) is 10.2. The van der Waals surface area contributed by atoms with Crippen molar-refractivity contribution >= 4 is 17.7 Å². The number of hydrogen-bond acceptors (Lipinski definition) is 12. The van der Waals surface area contributed by atoms with Gasteiger partial charge in [-0.2, -0.15) is 0 Å². The highest BCUT2D eigenvalue weighted by molar-refractivity contribution is 7.99. The maximum Gasteiger partial charge on any atom is 0.303 e. The molecule has 0 N–H and O–H groups in total. The summed E-state index contributed by atoms with van der Waals surface area (Å²) in [5, 5.41) is 0. The van der Waals surface area contributed by atoms with Crippen LogP contribution in [0.1, 0.15) is 40.3 Å². The fourth-order valence-electron chi connectivity index (χ4n) is 9.06. The number of carbonyl (C=O) groups excluding carboxylic acids is 1. The summed E-state index contributed by atoms with van der Waals surface area (Å²) < 4.78 is 69.0. The van der Waals surface area contributed by atoms with Gasteiger partial charge in [0.1, 0.15) is 48.2 Å². The molecule has 384 valence electrons. The number of hydrogen-bond donors (Lipinski definition) is 0. The van der Waals surface area contributed by atoms with E-state index in [1.807, 2.05) is 212 Å². The summed E-state index contributed by atoms with van der Waals surface area (Å²) in [5.41, 5.74) is 5.09.